The van der Waals surface area contributed by atoms with Crippen molar-refractivity contribution in [3.8, 4) is 0 Å². The van der Waals surface area contributed by atoms with Gasteiger partial charge in [-0.05, 0) is 83.5 Å². The van der Waals surface area contributed by atoms with E-state index in [9.17, 15) is 14.4 Å². The van der Waals surface area contributed by atoms with Gasteiger partial charge in [-0.3, -0.25) is 14.4 Å². The lowest BCUT2D eigenvalue weighted by Crippen LogP contribution is -2.30. The molecule has 0 saturated carbocycles. The fraction of sp³-hybridized carbons (Fsp3) is 0.745. The van der Waals surface area contributed by atoms with Gasteiger partial charge in [-0.2, -0.15) is 0 Å². The maximum atomic E-state index is 12.7. The summed E-state index contributed by atoms with van der Waals surface area (Å²) in [5, 5.41) is 0. The second-order valence-corrected chi connectivity index (χ2v) is 15.7. The fourth-order valence-electron chi connectivity index (χ4n) is 6.36. The Morgan fingerprint density at radius 3 is 1.09 bits per heavy atom. The van der Waals surface area contributed by atoms with Crippen molar-refractivity contribution in [1.29, 1.82) is 0 Å². The van der Waals surface area contributed by atoms with Crippen LogP contribution in [0.4, 0.5) is 0 Å². The first-order chi connectivity index (χ1) is 28.0. The normalized spacial score (nSPS) is 12.5. The van der Waals surface area contributed by atoms with Gasteiger partial charge in [0.1, 0.15) is 13.2 Å². The standard InChI is InChI=1S/C51H88O6/c1-4-7-10-13-16-19-22-25-28-31-34-37-40-43-49(52)55-46-48(57-51(54)45-42-39-36-33-30-27-24-21-18-15-12-9-6-3)47-56-50(53)44-41-38-35-32-29-26-23-20-17-14-11-8-5-2/h25-30,34,36-37,39,48H,4-24,31-33,35,38,40-47H2,1-3H3/b28-25-,29-26-,30-27-,37-34-,39-36-. The number of unbranched alkanes of at least 4 members (excludes halogenated alkanes) is 21. The number of hydrogen-bond acceptors (Lipinski definition) is 6. The molecule has 0 heterocycles. The average molecular weight is 797 g/mol. The summed E-state index contributed by atoms with van der Waals surface area (Å²) < 4.78 is 16.6. The molecule has 1 atom stereocenters. The smallest absolute Gasteiger partial charge is 0.306 e. The van der Waals surface area contributed by atoms with Crippen LogP contribution in [-0.2, 0) is 28.6 Å². The molecule has 6 nitrogen and oxygen atoms in total. The zero-order valence-electron chi connectivity index (χ0n) is 37.3. The SMILES string of the molecule is CCCCCCCC/C=C\C/C=C\CCC(=O)OCC(COC(=O)CCCCC/C=C\CCCCCCCC)OC(=O)CC/C=C\C/C=C\CCCCCCCC. The van der Waals surface area contributed by atoms with Gasteiger partial charge < -0.3 is 14.2 Å². The third-order valence-corrected chi connectivity index (χ3v) is 9.99. The zero-order valence-corrected chi connectivity index (χ0v) is 37.3. The Balaban J connectivity index is 4.54. The summed E-state index contributed by atoms with van der Waals surface area (Å²) in [6, 6.07) is 0. The van der Waals surface area contributed by atoms with E-state index in [0.29, 0.717) is 19.3 Å². The molecule has 0 aliphatic carbocycles. The van der Waals surface area contributed by atoms with Gasteiger partial charge in [0.2, 0.25) is 0 Å². The van der Waals surface area contributed by atoms with Crippen LogP contribution >= 0.6 is 0 Å². The van der Waals surface area contributed by atoms with E-state index in [1.165, 1.54) is 116 Å². The van der Waals surface area contributed by atoms with Crippen molar-refractivity contribution in [2.75, 3.05) is 13.2 Å². The predicted molar refractivity (Wildman–Crippen MR) is 242 cm³/mol. The lowest BCUT2D eigenvalue weighted by molar-refractivity contribution is -0.166. The Hall–Kier alpha value is -2.89. The lowest BCUT2D eigenvalue weighted by atomic mass is 10.1. The molecule has 0 radical (unpaired) electrons. The van der Waals surface area contributed by atoms with Crippen molar-refractivity contribution in [1.82, 2.24) is 0 Å². The number of esters is 3. The van der Waals surface area contributed by atoms with Gasteiger partial charge in [-0.15, -0.1) is 0 Å². The summed E-state index contributed by atoms with van der Waals surface area (Å²) in [5.74, 6) is -1.08. The largest absolute Gasteiger partial charge is 0.462 e. The summed E-state index contributed by atoms with van der Waals surface area (Å²) in [4.78, 5) is 37.7. The molecule has 0 aromatic heterocycles. The molecule has 0 spiro atoms. The number of ether oxygens (including phenoxy) is 3. The monoisotopic (exact) mass is 797 g/mol. The molecule has 0 fully saturated rings. The lowest BCUT2D eigenvalue weighted by Gasteiger charge is -2.18. The summed E-state index contributed by atoms with van der Waals surface area (Å²) in [6.45, 7) is 6.48. The van der Waals surface area contributed by atoms with Gasteiger partial charge in [-0.25, -0.2) is 0 Å². The van der Waals surface area contributed by atoms with E-state index in [4.69, 9.17) is 14.2 Å². The number of allylic oxidation sites excluding steroid dienone is 10. The first-order valence-electron chi connectivity index (χ1n) is 23.8. The van der Waals surface area contributed by atoms with Crippen molar-refractivity contribution in [2.45, 2.75) is 232 Å². The molecule has 0 aromatic carbocycles. The van der Waals surface area contributed by atoms with Crippen LogP contribution in [0.2, 0.25) is 0 Å². The molecular weight excluding hydrogens is 709 g/mol. The highest BCUT2D eigenvalue weighted by Gasteiger charge is 2.19. The third-order valence-electron chi connectivity index (χ3n) is 9.99. The third kappa shape index (κ3) is 44.1. The quantitative estimate of drug-likeness (QED) is 0.0265. The molecular formula is C51H88O6. The summed E-state index contributed by atoms with van der Waals surface area (Å²) >= 11 is 0. The topological polar surface area (TPSA) is 78.9 Å². The van der Waals surface area contributed by atoms with Gasteiger partial charge in [0.25, 0.3) is 0 Å². The van der Waals surface area contributed by atoms with Crippen LogP contribution in [0.15, 0.2) is 60.8 Å². The minimum absolute atomic E-state index is 0.122. The summed E-state index contributed by atoms with van der Waals surface area (Å²) in [6.07, 6.45) is 55.1. The molecule has 0 bridgehead atoms. The van der Waals surface area contributed by atoms with E-state index in [-0.39, 0.29) is 38.0 Å². The van der Waals surface area contributed by atoms with E-state index < -0.39 is 12.1 Å². The molecule has 1 unspecified atom stereocenters. The van der Waals surface area contributed by atoms with Gasteiger partial charge in [0.05, 0.1) is 0 Å². The second-order valence-electron chi connectivity index (χ2n) is 15.7. The Morgan fingerprint density at radius 2 is 0.667 bits per heavy atom. The molecule has 0 aromatic rings. The Labute approximate surface area is 351 Å². The molecule has 0 amide bonds. The fourth-order valence-corrected chi connectivity index (χ4v) is 6.36. The van der Waals surface area contributed by atoms with Crippen LogP contribution in [0.1, 0.15) is 226 Å². The number of hydrogen-bond donors (Lipinski definition) is 0. The second kappa shape index (κ2) is 45.8. The number of rotatable bonds is 42. The molecule has 57 heavy (non-hydrogen) atoms. The molecule has 0 rings (SSSR count). The van der Waals surface area contributed by atoms with Crippen LogP contribution in [0, 0.1) is 0 Å². The predicted octanol–water partition coefficient (Wildman–Crippen LogP) is 15.3. The zero-order chi connectivity index (χ0) is 41.5. The van der Waals surface area contributed by atoms with Crippen molar-refractivity contribution in [3.05, 3.63) is 60.8 Å². The molecule has 0 saturated heterocycles. The van der Waals surface area contributed by atoms with Gasteiger partial charge in [0.15, 0.2) is 6.10 Å². The van der Waals surface area contributed by atoms with Crippen LogP contribution in [0.3, 0.4) is 0 Å². The molecule has 0 aliphatic rings. The van der Waals surface area contributed by atoms with E-state index in [1.807, 2.05) is 12.2 Å². The molecule has 0 N–H and O–H groups in total. The highest BCUT2D eigenvalue weighted by atomic mass is 16.6. The summed E-state index contributed by atoms with van der Waals surface area (Å²) in [5.41, 5.74) is 0. The highest BCUT2D eigenvalue weighted by molar-refractivity contribution is 5.71. The minimum atomic E-state index is -0.830. The highest BCUT2D eigenvalue weighted by Crippen LogP contribution is 2.12. The Bertz CT molecular complexity index is 1050. The molecule has 6 heteroatoms. The minimum Gasteiger partial charge on any atom is -0.462 e. The van der Waals surface area contributed by atoms with Crippen molar-refractivity contribution >= 4 is 17.9 Å². The average Bonchev–Trinajstić information content (AvgIpc) is 3.21. The van der Waals surface area contributed by atoms with Crippen LogP contribution in [0.5, 0.6) is 0 Å². The Kier molecular flexibility index (Phi) is 43.5. The Morgan fingerprint density at radius 1 is 0.351 bits per heavy atom. The molecule has 328 valence electrons. The van der Waals surface area contributed by atoms with Crippen LogP contribution in [0.25, 0.3) is 0 Å². The maximum absolute atomic E-state index is 12.7. The first-order valence-corrected chi connectivity index (χ1v) is 23.8. The van der Waals surface area contributed by atoms with Crippen molar-refractivity contribution < 1.29 is 28.6 Å². The van der Waals surface area contributed by atoms with Crippen LogP contribution in [-0.4, -0.2) is 37.2 Å². The first kappa shape index (κ1) is 54.1. The maximum Gasteiger partial charge on any atom is 0.306 e. The number of carbonyl (C=O) groups excluding carboxylic acids is 3. The van der Waals surface area contributed by atoms with Crippen molar-refractivity contribution in [3.63, 3.8) is 0 Å². The van der Waals surface area contributed by atoms with Gasteiger partial charge in [0, 0.05) is 19.3 Å². The van der Waals surface area contributed by atoms with E-state index in [0.717, 1.165) is 57.8 Å². The van der Waals surface area contributed by atoms with Gasteiger partial charge >= 0.3 is 17.9 Å². The van der Waals surface area contributed by atoms with E-state index >= 15 is 0 Å². The van der Waals surface area contributed by atoms with Crippen molar-refractivity contribution in [2.24, 2.45) is 0 Å². The number of carbonyl (C=O) groups is 3. The van der Waals surface area contributed by atoms with E-state index in [2.05, 4.69) is 69.4 Å². The van der Waals surface area contributed by atoms with Gasteiger partial charge in [-0.1, -0.05) is 184 Å². The molecule has 0 aliphatic heterocycles. The van der Waals surface area contributed by atoms with Crippen LogP contribution < -0.4 is 0 Å². The summed E-state index contributed by atoms with van der Waals surface area (Å²) in [7, 11) is 0. The van der Waals surface area contributed by atoms with E-state index in [1.54, 1.807) is 0 Å².